The van der Waals surface area contributed by atoms with Gasteiger partial charge in [0.05, 0.1) is 6.04 Å². The molecule has 3 nitrogen and oxygen atoms in total. The number of aromatic nitrogens is 1. The van der Waals surface area contributed by atoms with Gasteiger partial charge in [0.25, 0.3) is 0 Å². The quantitative estimate of drug-likeness (QED) is 0.921. The molecule has 1 aromatic carbocycles. The summed E-state index contributed by atoms with van der Waals surface area (Å²) < 4.78 is 19.3. The number of nitrogens with zero attached hydrogens (tertiary/aromatic N) is 1. The SMILES string of the molecule is CC(N)c1cc(-c2ccc(Br)cc2F)no1. The monoisotopic (exact) mass is 284 g/mol. The minimum atomic E-state index is -0.348. The van der Waals surface area contributed by atoms with Crippen molar-refractivity contribution >= 4 is 15.9 Å². The van der Waals surface area contributed by atoms with Crippen LogP contribution < -0.4 is 5.73 Å². The fourth-order valence-electron chi connectivity index (χ4n) is 1.33. The normalized spacial score (nSPS) is 12.8. The van der Waals surface area contributed by atoms with E-state index in [1.54, 1.807) is 25.1 Å². The van der Waals surface area contributed by atoms with E-state index in [0.717, 1.165) is 0 Å². The van der Waals surface area contributed by atoms with E-state index in [1.165, 1.54) is 6.07 Å². The van der Waals surface area contributed by atoms with E-state index in [1.807, 2.05) is 0 Å². The highest BCUT2D eigenvalue weighted by Crippen LogP contribution is 2.26. The molecule has 1 atom stereocenters. The van der Waals surface area contributed by atoms with Gasteiger partial charge in [-0.05, 0) is 25.1 Å². The minimum absolute atomic E-state index is 0.250. The molecule has 2 rings (SSSR count). The van der Waals surface area contributed by atoms with Gasteiger partial charge >= 0.3 is 0 Å². The summed E-state index contributed by atoms with van der Waals surface area (Å²) in [6.45, 7) is 1.78. The van der Waals surface area contributed by atoms with Gasteiger partial charge in [-0.3, -0.25) is 0 Å². The summed E-state index contributed by atoms with van der Waals surface area (Å²) in [6, 6.07) is 6.17. The van der Waals surface area contributed by atoms with Crippen molar-refractivity contribution in [2.45, 2.75) is 13.0 Å². The molecule has 0 spiro atoms. The molecule has 0 aliphatic carbocycles. The molecular weight excluding hydrogens is 275 g/mol. The summed E-state index contributed by atoms with van der Waals surface area (Å²) in [5, 5.41) is 3.79. The van der Waals surface area contributed by atoms with Crippen LogP contribution in [0.3, 0.4) is 0 Å². The third-order valence-corrected chi connectivity index (χ3v) is 2.68. The lowest BCUT2D eigenvalue weighted by molar-refractivity contribution is 0.369. The molecule has 5 heteroatoms. The number of nitrogens with two attached hydrogens (primary N) is 1. The zero-order valence-electron chi connectivity index (χ0n) is 8.58. The third-order valence-electron chi connectivity index (χ3n) is 2.18. The molecule has 2 N–H and O–H groups in total. The molecule has 16 heavy (non-hydrogen) atoms. The molecule has 0 saturated carbocycles. The maximum atomic E-state index is 13.6. The van der Waals surface area contributed by atoms with Gasteiger partial charge in [0.15, 0.2) is 5.76 Å². The Hall–Kier alpha value is -1.20. The van der Waals surface area contributed by atoms with Crippen LogP contribution in [0.15, 0.2) is 33.3 Å². The van der Waals surface area contributed by atoms with E-state index in [-0.39, 0.29) is 11.9 Å². The van der Waals surface area contributed by atoms with Crippen LogP contribution in [0, 0.1) is 5.82 Å². The van der Waals surface area contributed by atoms with Crippen LogP contribution in [-0.4, -0.2) is 5.16 Å². The van der Waals surface area contributed by atoms with Crippen molar-refractivity contribution < 1.29 is 8.91 Å². The topological polar surface area (TPSA) is 52.0 Å². The van der Waals surface area contributed by atoms with Crippen molar-refractivity contribution in [2.24, 2.45) is 5.73 Å². The van der Waals surface area contributed by atoms with E-state index in [4.69, 9.17) is 10.3 Å². The summed E-state index contributed by atoms with van der Waals surface area (Å²) >= 11 is 3.19. The number of halogens is 2. The molecule has 2 aromatic rings. The van der Waals surface area contributed by atoms with Gasteiger partial charge in [-0.15, -0.1) is 0 Å². The van der Waals surface area contributed by atoms with Crippen LogP contribution in [0.5, 0.6) is 0 Å². The highest BCUT2D eigenvalue weighted by molar-refractivity contribution is 9.10. The van der Waals surface area contributed by atoms with Crippen LogP contribution in [-0.2, 0) is 0 Å². The predicted molar refractivity (Wildman–Crippen MR) is 62.2 cm³/mol. The van der Waals surface area contributed by atoms with Crippen LogP contribution in [0.25, 0.3) is 11.3 Å². The molecular formula is C11H10BrFN2O. The first-order valence-corrected chi connectivity index (χ1v) is 5.55. The molecule has 0 fully saturated rings. The van der Waals surface area contributed by atoms with E-state index in [9.17, 15) is 4.39 Å². The summed E-state index contributed by atoms with van der Waals surface area (Å²) in [5.74, 6) is 0.191. The van der Waals surface area contributed by atoms with E-state index < -0.39 is 0 Å². The molecule has 0 amide bonds. The zero-order chi connectivity index (χ0) is 11.7. The van der Waals surface area contributed by atoms with Crippen molar-refractivity contribution in [3.8, 4) is 11.3 Å². The Morgan fingerprint density at radius 1 is 1.44 bits per heavy atom. The lowest BCUT2D eigenvalue weighted by Crippen LogP contribution is -2.02. The molecule has 0 saturated heterocycles. The highest BCUT2D eigenvalue weighted by Gasteiger charge is 2.13. The molecule has 84 valence electrons. The largest absolute Gasteiger partial charge is 0.359 e. The summed E-state index contributed by atoms with van der Waals surface area (Å²) in [4.78, 5) is 0. The van der Waals surface area contributed by atoms with Gasteiger partial charge < -0.3 is 10.3 Å². The Bertz CT molecular complexity index is 510. The van der Waals surface area contributed by atoms with Gasteiger partial charge in [-0.1, -0.05) is 21.1 Å². The maximum absolute atomic E-state index is 13.6. The van der Waals surface area contributed by atoms with E-state index in [0.29, 0.717) is 21.5 Å². The fourth-order valence-corrected chi connectivity index (χ4v) is 1.66. The lowest BCUT2D eigenvalue weighted by Gasteiger charge is -1.98. The maximum Gasteiger partial charge on any atom is 0.153 e. The van der Waals surface area contributed by atoms with Gasteiger partial charge in [0.1, 0.15) is 11.5 Å². The second kappa shape index (κ2) is 4.35. The van der Waals surface area contributed by atoms with Crippen molar-refractivity contribution in [3.05, 3.63) is 40.3 Å². The summed E-state index contributed by atoms with van der Waals surface area (Å²) in [5.41, 5.74) is 6.49. The fraction of sp³-hybridized carbons (Fsp3) is 0.182. The lowest BCUT2D eigenvalue weighted by atomic mass is 10.1. The molecule has 0 aliphatic heterocycles. The first kappa shape index (κ1) is 11.3. The summed E-state index contributed by atoms with van der Waals surface area (Å²) in [6.07, 6.45) is 0. The Kier molecular flexibility index (Phi) is 3.07. The Morgan fingerprint density at radius 2 is 2.19 bits per heavy atom. The Morgan fingerprint density at radius 3 is 2.75 bits per heavy atom. The van der Waals surface area contributed by atoms with Gasteiger partial charge in [0.2, 0.25) is 0 Å². The standard InChI is InChI=1S/C11H10BrFN2O/c1-6(14)11-5-10(15-16-11)8-3-2-7(12)4-9(8)13/h2-6H,14H2,1H3. The number of benzene rings is 1. The second-order valence-electron chi connectivity index (χ2n) is 3.53. The molecule has 1 unspecified atom stereocenters. The molecule has 0 radical (unpaired) electrons. The predicted octanol–water partition coefficient (Wildman–Crippen LogP) is 3.26. The smallest absolute Gasteiger partial charge is 0.153 e. The Balaban J connectivity index is 2.42. The molecule has 0 bridgehead atoms. The first-order chi connectivity index (χ1) is 7.58. The van der Waals surface area contributed by atoms with Crippen molar-refractivity contribution in [2.75, 3.05) is 0 Å². The van der Waals surface area contributed by atoms with E-state index in [2.05, 4.69) is 21.1 Å². The van der Waals surface area contributed by atoms with Crippen molar-refractivity contribution in [1.82, 2.24) is 5.16 Å². The number of hydrogen-bond acceptors (Lipinski definition) is 3. The van der Waals surface area contributed by atoms with Gasteiger partial charge in [-0.25, -0.2) is 4.39 Å². The molecule has 1 aromatic heterocycles. The minimum Gasteiger partial charge on any atom is -0.359 e. The zero-order valence-corrected chi connectivity index (χ0v) is 10.2. The average molecular weight is 285 g/mol. The van der Waals surface area contributed by atoms with Gasteiger partial charge in [0, 0.05) is 16.1 Å². The average Bonchev–Trinajstić information content (AvgIpc) is 2.66. The van der Waals surface area contributed by atoms with Crippen LogP contribution in [0.1, 0.15) is 18.7 Å². The van der Waals surface area contributed by atoms with Crippen LogP contribution >= 0.6 is 15.9 Å². The number of rotatable bonds is 2. The Labute approximate surface area is 101 Å². The third kappa shape index (κ3) is 2.15. The van der Waals surface area contributed by atoms with Crippen LogP contribution in [0.2, 0.25) is 0 Å². The number of hydrogen-bond donors (Lipinski definition) is 1. The van der Waals surface area contributed by atoms with Gasteiger partial charge in [-0.2, -0.15) is 0 Å². The molecule has 1 heterocycles. The van der Waals surface area contributed by atoms with Crippen molar-refractivity contribution in [3.63, 3.8) is 0 Å². The van der Waals surface area contributed by atoms with Crippen LogP contribution in [0.4, 0.5) is 4.39 Å². The summed E-state index contributed by atoms with van der Waals surface area (Å²) in [7, 11) is 0. The first-order valence-electron chi connectivity index (χ1n) is 4.75. The second-order valence-corrected chi connectivity index (χ2v) is 4.44. The molecule has 0 aliphatic rings. The van der Waals surface area contributed by atoms with E-state index >= 15 is 0 Å². The highest BCUT2D eigenvalue weighted by atomic mass is 79.9. The van der Waals surface area contributed by atoms with Crippen molar-refractivity contribution in [1.29, 1.82) is 0 Å².